The number of carbonyl (C=O) groups is 2. The van der Waals surface area contributed by atoms with E-state index in [2.05, 4.69) is 0 Å². The fraction of sp³-hybridized carbons (Fsp3) is 0.961. The third-order valence-corrected chi connectivity index (χ3v) is 20.4. The highest BCUT2D eigenvalue weighted by Gasteiger charge is 2.62. The van der Waals surface area contributed by atoms with Crippen molar-refractivity contribution < 1.29 is 168 Å². The van der Waals surface area contributed by atoms with Crippen LogP contribution in [0.4, 0.5) is 0 Å². The fourth-order valence-electron chi connectivity index (χ4n) is 12.8. The van der Waals surface area contributed by atoms with Gasteiger partial charge in [-0.15, -0.1) is 0 Å². The van der Waals surface area contributed by atoms with Gasteiger partial charge in [-0.05, 0) is 30.4 Å². The Kier molecular flexibility index (Phi) is 24.4. The number of nitrogens with two attached hydrogens (primary N) is 1. The minimum atomic E-state index is -2.18. The Hall–Kier alpha value is -1.60. The number of aliphatic carboxylic acids is 2. The van der Waals surface area contributed by atoms with Crippen LogP contribution < -0.4 is 5.73 Å². The Morgan fingerprint density at radius 3 is 1.25 bits per heavy atom. The zero-order valence-electron chi connectivity index (χ0n) is 47.2. The number of thioether (sulfide) groups is 2. The van der Waals surface area contributed by atoms with E-state index in [0.717, 1.165) is 23.5 Å². The molecule has 14 unspecified atom stereocenters. The second-order valence-corrected chi connectivity index (χ2v) is 25.8. The molecular weight excluding hydrogens is 1230 g/mol. The lowest BCUT2D eigenvalue weighted by Crippen LogP contribution is -2.72. The summed E-state index contributed by atoms with van der Waals surface area (Å²) in [7, 11) is 0. The minimum Gasteiger partial charge on any atom is -0.481 e. The van der Waals surface area contributed by atoms with Crippen LogP contribution in [-0.2, 0) is 71.2 Å². The maximum absolute atomic E-state index is 12.0. The van der Waals surface area contributed by atoms with Crippen LogP contribution in [0.1, 0.15) is 19.8 Å². The average Bonchev–Trinajstić information content (AvgIpc) is 1.02. The Morgan fingerprint density at radius 2 is 0.761 bits per heavy atom. The molecule has 0 spiro atoms. The number of rotatable bonds is 15. The number of carboxylic acid groups (broad SMARTS) is 2. The van der Waals surface area contributed by atoms with Crippen LogP contribution in [0.3, 0.4) is 0 Å². The highest BCUT2D eigenvalue weighted by molar-refractivity contribution is 7.99. The van der Waals surface area contributed by atoms with E-state index in [0.29, 0.717) is 0 Å². The van der Waals surface area contributed by atoms with Crippen LogP contribution >= 0.6 is 23.5 Å². The molecule has 0 radical (unpaired) electrons. The second kappa shape index (κ2) is 30.4. The monoisotopic (exact) mass is 1320 g/mol. The van der Waals surface area contributed by atoms with E-state index >= 15 is 0 Å². The molecule has 1 aliphatic carbocycles. The quantitative estimate of drug-likeness (QED) is 0.0724. The average molecular weight is 1320 g/mol. The predicted octanol–water partition coefficient (Wildman–Crippen LogP) is -11.0. The predicted molar refractivity (Wildman–Crippen MR) is 284 cm³/mol. The van der Waals surface area contributed by atoms with Crippen molar-refractivity contribution in [2.24, 2.45) is 29.4 Å². The van der Waals surface area contributed by atoms with Gasteiger partial charge in [0.1, 0.15) is 134 Å². The molecule has 18 aliphatic heterocycles. The number of hydrogen-bond donors (Lipinski definition) is 20. The van der Waals surface area contributed by atoms with Gasteiger partial charge < -0.3 is 164 Å². The van der Waals surface area contributed by atoms with Crippen molar-refractivity contribution in [2.45, 2.75) is 222 Å². The molecular formula is C51H83NO34S2. The van der Waals surface area contributed by atoms with Gasteiger partial charge in [0, 0.05) is 23.2 Å². The van der Waals surface area contributed by atoms with Gasteiger partial charge in [0.15, 0.2) is 37.7 Å². The summed E-state index contributed by atoms with van der Waals surface area (Å²) in [4.78, 5) is 23.5. The van der Waals surface area contributed by atoms with E-state index in [-0.39, 0.29) is 35.9 Å². The minimum absolute atomic E-state index is 0.0165. The number of aliphatic hydroxyl groups is 17. The lowest BCUT2D eigenvalue weighted by atomic mass is 9.70. The second-order valence-electron chi connectivity index (χ2n) is 23.6. The number of ether oxygens (including phenoxy) is 13. The molecule has 18 heterocycles. The van der Waals surface area contributed by atoms with Crippen molar-refractivity contribution in [3.8, 4) is 0 Å². The highest BCUT2D eigenvalue weighted by atomic mass is 32.2. The maximum Gasteiger partial charge on any atom is 0.321 e. The highest BCUT2D eigenvalue weighted by Crippen LogP contribution is 2.45. The van der Waals surface area contributed by atoms with E-state index in [1.807, 2.05) is 0 Å². The van der Waals surface area contributed by atoms with Crippen LogP contribution in [-0.4, -0.2) is 367 Å². The Balaban J connectivity index is 1.04. The van der Waals surface area contributed by atoms with Crippen LogP contribution in [0.25, 0.3) is 0 Å². The zero-order chi connectivity index (χ0) is 63.9. The molecule has 18 saturated heterocycles. The van der Waals surface area contributed by atoms with Crippen molar-refractivity contribution in [3.63, 3.8) is 0 Å². The smallest absolute Gasteiger partial charge is 0.321 e. The topological polar surface area (TPSA) is 565 Å². The first-order valence-corrected chi connectivity index (χ1v) is 31.3. The molecule has 88 heavy (non-hydrogen) atoms. The molecule has 37 atom stereocenters. The summed E-state index contributed by atoms with van der Waals surface area (Å²) < 4.78 is 78.3. The van der Waals surface area contributed by atoms with E-state index in [4.69, 9.17) is 67.3 Å². The largest absolute Gasteiger partial charge is 0.481 e. The summed E-state index contributed by atoms with van der Waals surface area (Å²) >= 11 is 1.98. The van der Waals surface area contributed by atoms with Crippen LogP contribution in [0.5, 0.6) is 0 Å². The molecule has 19 rings (SSSR count). The molecule has 35 nitrogen and oxygen atoms in total. The first-order valence-electron chi connectivity index (χ1n) is 28.9. The first kappa shape index (κ1) is 70.7. The Morgan fingerprint density at radius 1 is 0.375 bits per heavy atom. The fourth-order valence-corrected chi connectivity index (χ4v) is 15.1. The molecule has 0 amide bonds. The molecule has 14 bridgehead atoms. The lowest BCUT2D eigenvalue weighted by Gasteiger charge is -2.55. The number of hydrogen-bond acceptors (Lipinski definition) is 35. The van der Waals surface area contributed by atoms with Crippen molar-refractivity contribution >= 4 is 35.5 Å². The van der Waals surface area contributed by atoms with E-state index < -0.39 is 271 Å². The molecule has 0 aromatic carbocycles. The summed E-state index contributed by atoms with van der Waals surface area (Å²) in [6.45, 7) is -3.21. The molecule has 19 fully saturated rings. The zero-order valence-corrected chi connectivity index (χ0v) is 48.8. The SMILES string of the molecule is C[C@H](CSCC1C[C@@H]2C[C@@H]3C(CO)O[C@@H](O[C@@H]4C(CO)O[C@@H](O[C@@H]5C(CSC[C@@H](N)C(=O)O)O[C@@H](O[C@@H]6C(CO)O[C@@H]7O[C@@H]8C(CO)O[C@H](O[C@@H]9C(CO)O[C@H](O[C@H]1[C@H](O)C2O)C(O)[C@H]9O)[C@@H](O)C8O[C@H]7C6O)[C@@H](O)C5O)[C@@H](O)C4O)[C@@H](O)C3O)C(=O)O. The van der Waals surface area contributed by atoms with Crippen molar-refractivity contribution in [1.82, 2.24) is 0 Å². The summed E-state index contributed by atoms with van der Waals surface area (Å²) in [5, 5.41) is 214. The van der Waals surface area contributed by atoms with Crippen LogP contribution in [0, 0.1) is 23.7 Å². The van der Waals surface area contributed by atoms with Crippen LogP contribution in [0.15, 0.2) is 0 Å². The van der Waals surface area contributed by atoms with Crippen molar-refractivity contribution in [2.75, 3.05) is 56.0 Å². The molecule has 508 valence electrons. The summed E-state index contributed by atoms with van der Waals surface area (Å²) in [6.07, 6.45) is -59.0. The van der Waals surface area contributed by atoms with Gasteiger partial charge in [0.2, 0.25) is 0 Å². The normalized spacial score (nSPS) is 50.9. The third-order valence-electron chi connectivity index (χ3n) is 17.8. The Bertz CT molecular complexity index is 2240. The summed E-state index contributed by atoms with van der Waals surface area (Å²) in [5.74, 6) is -7.09. The van der Waals surface area contributed by atoms with Crippen molar-refractivity contribution in [1.29, 1.82) is 0 Å². The first-order chi connectivity index (χ1) is 41.8. The summed E-state index contributed by atoms with van der Waals surface area (Å²) in [5.41, 5.74) is 5.75. The third kappa shape index (κ3) is 14.6. The van der Waals surface area contributed by atoms with E-state index in [9.17, 15) is 107 Å². The molecule has 0 aromatic heterocycles. The van der Waals surface area contributed by atoms with Gasteiger partial charge in [-0.2, -0.15) is 23.5 Å². The molecule has 0 aromatic rings. The molecule has 21 N–H and O–H groups in total. The van der Waals surface area contributed by atoms with Gasteiger partial charge in [-0.1, -0.05) is 6.92 Å². The molecule has 1 saturated carbocycles. The van der Waals surface area contributed by atoms with Crippen molar-refractivity contribution in [3.05, 3.63) is 0 Å². The standard InChI is InChI=1S/C51H83NO34S2/c1-13(44(70)71)9-87-10-15-2-14-3-16-18(4-53)74-46(30(64)25(16)59)82-37-19(5-54)76-48(32(66)28(37)62)85-40-23(12-88-11-17(52)45(72)73)79-49(33(67)29(40)63)84-39-21(7-56)78-51-43(34(39)68)80-42-35(69)50(77-22(8-57)41(42)86-51)83-38-20(6-55)75-47(31(65)27(38)61)81-36(15)26(60)24(14)58/h13-43,46-51,53-69H,2-12,52H2,1H3,(H,70,71)(H,72,73)/t13-,14-,15?,16-,17-,18?,19?,20?,21?,22?,23?,24?,25?,26-,27-,28?,29?,30+,31?,32+,33+,34?,35+,36-,37-,38-,39-,40-,41-,42?,43+,46+,47-,48+,49+,50-,51-/m1/s1. The molecule has 37 heteroatoms. The Labute approximate surface area is 509 Å². The van der Waals surface area contributed by atoms with Gasteiger partial charge in [0.05, 0.1) is 69.5 Å². The maximum atomic E-state index is 12.0. The van der Waals surface area contributed by atoms with E-state index in [1.165, 1.54) is 6.92 Å². The van der Waals surface area contributed by atoms with Gasteiger partial charge in [0.25, 0.3) is 0 Å². The number of aliphatic hydroxyl groups excluding tert-OH is 17. The van der Waals surface area contributed by atoms with E-state index in [1.54, 1.807) is 0 Å². The van der Waals surface area contributed by atoms with Gasteiger partial charge >= 0.3 is 11.9 Å². The van der Waals surface area contributed by atoms with Gasteiger partial charge in [-0.3, -0.25) is 9.59 Å². The lowest BCUT2D eigenvalue weighted by molar-refractivity contribution is -0.431. The molecule has 19 aliphatic rings. The van der Waals surface area contributed by atoms with Gasteiger partial charge in [-0.25, -0.2) is 0 Å². The van der Waals surface area contributed by atoms with Crippen LogP contribution in [0.2, 0.25) is 0 Å². The summed E-state index contributed by atoms with van der Waals surface area (Å²) in [6, 6.07) is -1.43. The number of carboxylic acids is 2.